The highest BCUT2D eigenvalue weighted by Crippen LogP contribution is 2.22. The number of fused-ring (bicyclic) bond motifs is 2. The molecular formula is C16H11N3O3. The van der Waals surface area contributed by atoms with Crippen LogP contribution in [0.25, 0.3) is 27.7 Å². The molecule has 0 N–H and O–H groups in total. The lowest BCUT2D eigenvalue weighted by Gasteiger charge is -2.04. The lowest BCUT2D eigenvalue weighted by atomic mass is 10.2. The van der Waals surface area contributed by atoms with Crippen LogP contribution in [-0.2, 0) is 0 Å². The summed E-state index contributed by atoms with van der Waals surface area (Å²) in [5.41, 5.74) is 1.79. The molecule has 0 aliphatic heterocycles. The number of nitrogens with zero attached hydrogens (tertiary/aromatic N) is 3. The van der Waals surface area contributed by atoms with E-state index in [9.17, 15) is 4.79 Å². The zero-order chi connectivity index (χ0) is 15.1. The van der Waals surface area contributed by atoms with E-state index in [0.717, 1.165) is 16.4 Å². The molecule has 0 aliphatic carbocycles. The van der Waals surface area contributed by atoms with Crippen LogP contribution in [0.1, 0.15) is 0 Å². The first kappa shape index (κ1) is 12.6. The number of hydrogen-bond acceptors (Lipinski definition) is 5. The lowest BCUT2D eigenvalue weighted by molar-refractivity contribution is 0.414. The first-order valence-electron chi connectivity index (χ1n) is 6.69. The van der Waals surface area contributed by atoms with Gasteiger partial charge in [0, 0.05) is 11.5 Å². The van der Waals surface area contributed by atoms with Crippen molar-refractivity contribution in [3.63, 3.8) is 0 Å². The molecule has 0 amide bonds. The number of methoxy groups -OCH3 is 1. The molecule has 4 aromatic rings. The Kier molecular flexibility index (Phi) is 2.69. The first-order valence-corrected chi connectivity index (χ1v) is 6.69. The average molecular weight is 293 g/mol. The van der Waals surface area contributed by atoms with Crippen molar-refractivity contribution in [1.82, 2.24) is 15.0 Å². The van der Waals surface area contributed by atoms with E-state index in [2.05, 4.69) is 10.3 Å². The molecule has 2 aromatic carbocycles. The van der Waals surface area contributed by atoms with Crippen LogP contribution >= 0.6 is 0 Å². The Morgan fingerprint density at radius 2 is 2.00 bits per heavy atom. The SMILES string of the molecule is COc1ccc2cc(-n3nnc4ccccc43)c(=O)oc2c1. The van der Waals surface area contributed by atoms with E-state index >= 15 is 0 Å². The minimum atomic E-state index is -0.476. The monoisotopic (exact) mass is 293 g/mol. The minimum absolute atomic E-state index is 0.325. The molecule has 0 saturated carbocycles. The van der Waals surface area contributed by atoms with Crippen LogP contribution in [0.3, 0.4) is 0 Å². The smallest absolute Gasteiger partial charge is 0.362 e. The van der Waals surface area contributed by atoms with Crippen molar-refractivity contribution < 1.29 is 9.15 Å². The van der Waals surface area contributed by atoms with E-state index in [1.807, 2.05) is 36.4 Å². The van der Waals surface area contributed by atoms with Gasteiger partial charge in [-0.2, -0.15) is 0 Å². The normalized spacial score (nSPS) is 11.1. The van der Waals surface area contributed by atoms with Crippen molar-refractivity contribution in [2.24, 2.45) is 0 Å². The Balaban J connectivity index is 1.99. The van der Waals surface area contributed by atoms with Crippen molar-refractivity contribution in [1.29, 1.82) is 0 Å². The summed E-state index contributed by atoms with van der Waals surface area (Å²) in [5.74, 6) is 0.634. The second-order valence-electron chi connectivity index (χ2n) is 4.81. The lowest BCUT2D eigenvalue weighted by Crippen LogP contribution is -2.11. The number of ether oxygens (including phenoxy) is 1. The molecule has 4 rings (SSSR count). The molecule has 2 heterocycles. The second-order valence-corrected chi connectivity index (χ2v) is 4.81. The Morgan fingerprint density at radius 3 is 2.86 bits per heavy atom. The van der Waals surface area contributed by atoms with Gasteiger partial charge >= 0.3 is 5.63 Å². The van der Waals surface area contributed by atoms with E-state index in [1.54, 1.807) is 19.2 Å². The van der Waals surface area contributed by atoms with Crippen LogP contribution in [-0.4, -0.2) is 22.1 Å². The average Bonchev–Trinajstić information content (AvgIpc) is 2.97. The summed E-state index contributed by atoms with van der Waals surface area (Å²) in [6.45, 7) is 0. The number of aromatic nitrogens is 3. The highest BCUT2D eigenvalue weighted by Gasteiger charge is 2.12. The van der Waals surface area contributed by atoms with Gasteiger partial charge in [0.05, 0.1) is 12.6 Å². The predicted molar refractivity (Wildman–Crippen MR) is 81.5 cm³/mol. The van der Waals surface area contributed by atoms with Gasteiger partial charge in [-0.3, -0.25) is 0 Å². The molecule has 0 unspecified atom stereocenters. The molecule has 0 radical (unpaired) electrons. The van der Waals surface area contributed by atoms with Gasteiger partial charge < -0.3 is 9.15 Å². The van der Waals surface area contributed by atoms with Gasteiger partial charge in [-0.25, -0.2) is 9.48 Å². The molecule has 0 bridgehead atoms. The summed E-state index contributed by atoms with van der Waals surface area (Å²) in [6, 6.07) is 14.5. The van der Waals surface area contributed by atoms with Gasteiger partial charge in [0.15, 0.2) is 5.69 Å². The minimum Gasteiger partial charge on any atom is -0.497 e. The van der Waals surface area contributed by atoms with Crippen LogP contribution in [0, 0.1) is 0 Å². The molecule has 0 aliphatic rings. The Hall–Kier alpha value is -3.15. The standard InChI is InChI=1S/C16H11N3O3/c1-21-11-7-6-10-8-14(16(20)22-15(10)9-11)19-13-5-3-2-4-12(13)17-18-19/h2-9H,1H3. The number of hydrogen-bond donors (Lipinski definition) is 0. The molecule has 0 fully saturated rings. The summed E-state index contributed by atoms with van der Waals surface area (Å²) in [5, 5.41) is 8.89. The third-order valence-electron chi connectivity index (χ3n) is 3.50. The maximum absolute atomic E-state index is 12.3. The molecule has 0 spiro atoms. The highest BCUT2D eigenvalue weighted by molar-refractivity contribution is 5.81. The maximum atomic E-state index is 12.3. The molecule has 6 nitrogen and oxygen atoms in total. The van der Waals surface area contributed by atoms with E-state index < -0.39 is 5.63 Å². The molecular weight excluding hydrogens is 282 g/mol. The first-order chi connectivity index (χ1) is 10.8. The number of benzene rings is 2. The molecule has 0 saturated heterocycles. The van der Waals surface area contributed by atoms with Crippen LogP contribution in [0.15, 0.2) is 57.7 Å². The summed E-state index contributed by atoms with van der Waals surface area (Å²) in [6.07, 6.45) is 0. The van der Waals surface area contributed by atoms with Crippen molar-refractivity contribution >= 4 is 22.0 Å². The fraction of sp³-hybridized carbons (Fsp3) is 0.0625. The molecule has 0 atom stereocenters. The van der Waals surface area contributed by atoms with Gasteiger partial charge in [-0.1, -0.05) is 17.3 Å². The van der Waals surface area contributed by atoms with Gasteiger partial charge in [0.2, 0.25) is 0 Å². The number of rotatable bonds is 2. The van der Waals surface area contributed by atoms with Crippen LogP contribution in [0.2, 0.25) is 0 Å². The zero-order valence-corrected chi connectivity index (χ0v) is 11.7. The summed E-state index contributed by atoms with van der Waals surface area (Å²) >= 11 is 0. The van der Waals surface area contributed by atoms with Gasteiger partial charge in [0.25, 0.3) is 0 Å². The topological polar surface area (TPSA) is 70.2 Å². The van der Waals surface area contributed by atoms with Crippen LogP contribution < -0.4 is 10.4 Å². The third-order valence-corrected chi connectivity index (χ3v) is 3.50. The van der Waals surface area contributed by atoms with E-state index in [-0.39, 0.29) is 0 Å². The van der Waals surface area contributed by atoms with Crippen molar-refractivity contribution in [3.8, 4) is 11.4 Å². The van der Waals surface area contributed by atoms with E-state index in [1.165, 1.54) is 4.68 Å². The molecule has 108 valence electrons. The van der Waals surface area contributed by atoms with Crippen LogP contribution in [0.4, 0.5) is 0 Å². The zero-order valence-electron chi connectivity index (χ0n) is 11.7. The van der Waals surface area contributed by atoms with Crippen molar-refractivity contribution in [2.45, 2.75) is 0 Å². The molecule has 6 heteroatoms. The van der Waals surface area contributed by atoms with E-state index in [4.69, 9.17) is 9.15 Å². The molecule has 2 aromatic heterocycles. The Labute approximate surface area is 124 Å². The number of para-hydroxylation sites is 1. The Bertz CT molecular complexity index is 1050. The summed E-state index contributed by atoms with van der Waals surface area (Å²) in [4.78, 5) is 12.3. The van der Waals surface area contributed by atoms with E-state index in [0.29, 0.717) is 17.0 Å². The van der Waals surface area contributed by atoms with Crippen molar-refractivity contribution in [2.75, 3.05) is 7.11 Å². The quantitative estimate of drug-likeness (QED) is 0.531. The third kappa shape index (κ3) is 1.85. The fourth-order valence-electron chi connectivity index (χ4n) is 2.40. The van der Waals surface area contributed by atoms with Gasteiger partial charge in [-0.05, 0) is 30.3 Å². The fourth-order valence-corrected chi connectivity index (χ4v) is 2.40. The Morgan fingerprint density at radius 1 is 1.14 bits per heavy atom. The van der Waals surface area contributed by atoms with Crippen molar-refractivity contribution in [3.05, 3.63) is 59.0 Å². The summed E-state index contributed by atoms with van der Waals surface area (Å²) < 4.78 is 12.0. The molecule has 22 heavy (non-hydrogen) atoms. The maximum Gasteiger partial charge on any atom is 0.362 e. The van der Waals surface area contributed by atoms with Gasteiger partial charge in [-0.15, -0.1) is 5.10 Å². The summed E-state index contributed by atoms with van der Waals surface area (Å²) in [7, 11) is 1.56. The highest BCUT2D eigenvalue weighted by atomic mass is 16.5. The van der Waals surface area contributed by atoms with Crippen LogP contribution in [0.5, 0.6) is 5.75 Å². The second kappa shape index (κ2) is 4.70. The predicted octanol–water partition coefficient (Wildman–Crippen LogP) is 2.54. The largest absolute Gasteiger partial charge is 0.497 e. The van der Waals surface area contributed by atoms with Gasteiger partial charge in [0.1, 0.15) is 16.8 Å².